The summed E-state index contributed by atoms with van der Waals surface area (Å²) < 4.78 is 1.87. The quantitative estimate of drug-likeness (QED) is 0.415. The molecule has 0 aliphatic rings. The van der Waals surface area contributed by atoms with Gasteiger partial charge >= 0.3 is 0 Å². The number of aryl methyl sites for hydroxylation is 2. The number of likely N-dealkylation sites (N-methyl/N-ethyl adjacent to an activating group) is 1. The van der Waals surface area contributed by atoms with Crippen molar-refractivity contribution in [2.45, 2.75) is 46.7 Å². The van der Waals surface area contributed by atoms with Crippen LogP contribution in [-0.4, -0.2) is 52.7 Å². The number of carbonyl (C=O) groups is 1. The molecular formula is C16H31IN6O. The van der Waals surface area contributed by atoms with E-state index in [4.69, 9.17) is 0 Å². The first-order valence-corrected chi connectivity index (χ1v) is 7.77. The van der Waals surface area contributed by atoms with Crippen molar-refractivity contribution in [3.05, 3.63) is 17.0 Å². The van der Waals surface area contributed by atoms with Crippen LogP contribution in [0.2, 0.25) is 0 Å². The summed E-state index contributed by atoms with van der Waals surface area (Å²) in [6.45, 7) is 10.8. The van der Waals surface area contributed by atoms with Crippen molar-refractivity contribution in [1.82, 2.24) is 25.3 Å². The van der Waals surface area contributed by atoms with E-state index >= 15 is 0 Å². The molecule has 0 radical (unpaired) electrons. The van der Waals surface area contributed by atoms with Gasteiger partial charge in [0.15, 0.2) is 5.96 Å². The van der Waals surface area contributed by atoms with Crippen LogP contribution < -0.4 is 10.6 Å². The van der Waals surface area contributed by atoms with Crippen LogP contribution in [0.4, 0.5) is 0 Å². The second-order valence-corrected chi connectivity index (χ2v) is 6.83. The van der Waals surface area contributed by atoms with Gasteiger partial charge in [-0.1, -0.05) is 0 Å². The normalized spacial score (nSPS) is 11.8. The number of guanidine groups is 1. The molecule has 1 rings (SSSR count). The molecule has 0 spiro atoms. The van der Waals surface area contributed by atoms with Crippen LogP contribution in [0.25, 0.3) is 0 Å². The van der Waals surface area contributed by atoms with E-state index in [0.717, 1.165) is 17.0 Å². The maximum Gasteiger partial charge on any atom is 0.240 e. The zero-order chi connectivity index (χ0) is 17.8. The van der Waals surface area contributed by atoms with Crippen LogP contribution in [0.1, 0.15) is 37.7 Å². The fourth-order valence-electron chi connectivity index (χ4n) is 2.37. The lowest BCUT2D eigenvalue weighted by molar-refractivity contribution is -0.122. The van der Waals surface area contributed by atoms with Crippen molar-refractivity contribution in [2.24, 2.45) is 12.0 Å². The summed E-state index contributed by atoms with van der Waals surface area (Å²) >= 11 is 0. The van der Waals surface area contributed by atoms with Crippen LogP contribution >= 0.6 is 24.0 Å². The summed E-state index contributed by atoms with van der Waals surface area (Å²) in [4.78, 5) is 18.1. The average Bonchev–Trinajstić information content (AvgIpc) is 2.62. The van der Waals surface area contributed by atoms with Gasteiger partial charge in [-0.3, -0.25) is 14.5 Å². The zero-order valence-corrected chi connectivity index (χ0v) is 18.3. The van der Waals surface area contributed by atoms with E-state index in [1.54, 1.807) is 7.05 Å². The minimum Gasteiger partial charge on any atom is -0.352 e. The number of nitrogens with zero attached hydrogens (tertiary/aromatic N) is 4. The molecule has 0 atom stereocenters. The topological polar surface area (TPSA) is 74.5 Å². The average molecular weight is 450 g/mol. The molecule has 1 heterocycles. The number of halogens is 1. The molecular weight excluding hydrogens is 419 g/mol. The third-order valence-electron chi connectivity index (χ3n) is 3.55. The van der Waals surface area contributed by atoms with E-state index < -0.39 is 0 Å². The van der Waals surface area contributed by atoms with Crippen molar-refractivity contribution in [3.63, 3.8) is 0 Å². The first-order valence-electron chi connectivity index (χ1n) is 7.77. The van der Waals surface area contributed by atoms with Gasteiger partial charge in [0.1, 0.15) is 0 Å². The Morgan fingerprint density at radius 3 is 2.33 bits per heavy atom. The first kappa shape index (κ1) is 22.7. The number of hydrogen-bond donors (Lipinski definition) is 2. The summed E-state index contributed by atoms with van der Waals surface area (Å²) in [5, 5.41) is 10.6. The number of aliphatic imine (C=N–C) groups is 1. The third-order valence-corrected chi connectivity index (χ3v) is 3.55. The molecule has 7 nitrogen and oxygen atoms in total. The molecule has 0 aliphatic heterocycles. The summed E-state index contributed by atoms with van der Waals surface area (Å²) in [7, 11) is 5.49. The predicted octanol–water partition coefficient (Wildman–Crippen LogP) is 1.58. The molecule has 0 saturated heterocycles. The van der Waals surface area contributed by atoms with Gasteiger partial charge in [-0.05, 0) is 34.6 Å². The van der Waals surface area contributed by atoms with Crippen LogP contribution in [0.15, 0.2) is 4.99 Å². The number of hydrogen-bond acceptors (Lipinski definition) is 3. The van der Waals surface area contributed by atoms with Crippen molar-refractivity contribution < 1.29 is 4.79 Å². The van der Waals surface area contributed by atoms with Crippen molar-refractivity contribution >= 4 is 35.8 Å². The molecule has 0 aromatic carbocycles. The lowest BCUT2D eigenvalue weighted by Gasteiger charge is -2.25. The van der Waals surface area contributed by atoms with Gasteiger partial charge < -0.3 is 15.5 Å². The lowest BCUT2D eigenvalue weighted by atomic mass is 10.1. The molecule has 0 bridgehead atoms. The molecule has 8 heteroatoms. The summed E-state index contributed by atoms with van der Waals surface area (Å²) in [5.41, 5.74) is 3.04. The number of nitrogens with one attached hydrogen (secondary N) is 2. The van der Waals surface area contributed by atoms with E-state index in [1.165, 1.54) is 0 Å². The Labute approximate surface area is 162 Å². The maximum atomic E-state index is 12.0. The van der Waals surface area contributed by atoms with Crippen molar-refractivity contribution in [1.29, 1.82) is 0 Å². The number of carbonyl (C=O) groups excluding carboxylic acids is 1. The van der Waals surface area contributed by atoms with E-state index in [2.05, 4.69) is 20.7 Å². The second-order valence-electron chi connectivity index (χ2n) is 6.83. The summed E-state index contributed by atoms with van der Waals surface area (Å²) in [5.74, 6) is 0.647. The molecule has 2 N–H and O–H groups in total. The van der Waals surface area contributed by atoms with Gasteiger partial charge in [0, 0.05) is 44.5 Å². The van der Waals surface area contributed by atoms with Crippen LogP contribution in [0, 0.1) is 13.8 Å². The highest BCUT2D eigenvalue weighted by Gasteiger charge is 2.17. The van der Waals surface area contributed by atoms with Gasteiger partial charge in [-0.15, -0.1) is 24.0 Å². The Morgan fingerprint density at radius 1 is 1.33 bits per heavy atom. The molecule has 1 aromatic rings. The van der Waals surface area contributed by atoms with Gasteiger partial charge in [-0.25, -0.2) is 0 Å². The summed E-state index contributed by atoms with van der Waals surface area (Å²) in [6, 6.07) is 0. The molecule has 138 valence electrons. The van der Waals surface area contributed by atoms with Crippen molar-refractivity contribution in [2.75, 3.05) is 20.6 Å². The molecule has 1 aromatic heterocycles. The molecule has 0 saturated carbocycles. The van der Waals surface area contributed by atoms with Gasteiger partial charge in [-0.2, -0.15) is 5.10 Å². The third kappa shape index (κ3) is 6.66. The fraction of sp³-hybridized carbons (Fsp3) is 0.688. The highest BCUT2D eigenvalue weighted by molar-refractivity contribution is 14.0. The molecule has 0 fully saturated rings. The van der Waals surface area contributed by atoms with E-state index in [9.17, 15) is 4.79 Å². The van der Waals surface area contributed by atoms with Gasteiger partial charge in [0.05, 0.1) is 12.2 Å². The number of amides is 1. The Kier molecular flexibility index (Phi) is 8.73. The largest absolute Gasteiger partial charge is 0.352 e. The van der Waals surface area contributed by atoms with Crippen molar-refractivity contribution in [3.8, 4) is 0 Å². The van der Waals surface area contributed by atoms with E-state index in [-0.39, 0.29) is 42.0 Å². The predicted molar refractivity (Wildman–Crippen MR) is 109 cm³/mol. The smallest absolute Gasteiger partial charge is 0.240 e. The number of rotatable bonds is 4. The Bertz CT molecular complexity index is 588. The van der Waals surface area contributed by atoms with Crippen LogP contribution in [-0.2, 0) is 18.4 Å². The monoisotopic (exact) mass is 450 g/mol. The van der Waals surface area contributed by atoms with Crippen LogP contribution in [0.5, 0.6) is 0 Å². The van der Waals surface area contributed by atoms with E-state index in [0.29, 0.717) is 12.5 Å². The Hall–Kier alpha value is -1.32. The first-order chi connectivity index (χ1) is 10.5. The molecule has 24 heavy (non-hydrogen) atoms. The molecule has 0 aliphatic carbocycles. The summed E-state index contributed by atoms with van der Waals surface area (Å²) in [6.07, 6.45) is 0. The highest BCUT2D eigenvalue weighted by atomic mass is 127. The minimum absolute atomic E-state index is 0. The molecule has 1 amide bonds. The van der Waals surface area contributed by atoms with Gasteiger partial charge in [0.2, 0.25) is 5.91 Å². The van der Waals surface area contributed by atoms with E-state index in [1.807, 2.05) is 58.3 Å². The minimum atomic E-state index is -0.237. The zero-order valence-electron chi connectivity index (χ0n) is 16.0. The van der Waals surface area contributed by atoms with Crippen LogP contribution in [0.3, 0.4) is 0 Å². The highest BCUT2D eigenvalue weighted by Crippen LogP contribution is 2.11. The number of aromatic nitrogens is 2. The molecule has 0 unspecified atom stereocenters. The Balaban J connectivity index is 0.00000529. The fourth-order valence-corrected chi connectivity index (χ4v) is 2.37. The SMILES string of the molecule is CN=C(NCc1c(C)nn(C)c1C)N(C)CC(=O)NC(C)(C)C.I. The Morgan fingerprint density at radius 2 is 1.92 bits per heavy atom. The maximum absolute atomic E-state index is 12.0. The van der Waals surface area contributed by atoms with Gasteiger partial charge in [0.25, 0.3) is 0 Å². The lowest BCUT2D eigenvalue weighted by Crippen LogP contribution is -2.48. The second kappa shape index (κ2) is 9.24. The standard InChI is InChI=1S/C16H30N6O.HI/c1-11-13(12(2)22(8)20-11)9-18-15(17-6)21(7)10-14(23)19-16(3,4)5;/h9-10H2,1-8H3,(H,17,18)(H,19,23);1H.